The fourth-order valence-electron chi connectivity index (χ4n) is 2.52. The van der Waals surface area contributed by atoms with Crippen molar-refractivity contribution in [2.75, 3.05) is 6.61 Å². The molecule has 1 heterocycles. The largest absolute Gasteiger partial charge is 0.494 e. The summed E-state index contributed by atoms with van der Waals surface area (Å²) in [6, 6.07) is 16.5. The first-order chi connectivity index (χ1) is 11.8. The van der Waals surface area contributed by atoms with Crippen LogP contribution in [0.25, 0.3) is 22.4 Å². The molecule has 0 radical (unpaired) electrons. The van der Waals surface area contributed by atoms with Crippen molar-refractivity contribution in [3.05, 3.63) is 59.1 Å². The molecule has 1 aromatic heterocycles. The average Bonchev–Trinajstić information content (AvgIpc) is 3.04. The van der Waals surface area contributed by atoms with Gasteiger partial charge in [-0.2, -0.15) is 0 Å². The van der Waals surface area contributed by atoms with E-state index >= 15 is 0 Å². The minimum Gasteiger partial charge on any atom is -0.494 e. The van der Waals surface area contributed by atoms with E-state index in [9.17, 15) is 0 Å². The highest BCUT2D eigenvalue weighted by atomic mass is 32.1. The van der Waals surface area contributed by atoms with Gasteiger partial charge in [-0.1, -0.05) is 56.5 Å². The number of aromatic nitrogens is 1. The van der Waals surface area contributed by atoms with Crippen LogP contribution in [0.3, 0.4) is 0 Å². The summed E-state index contributed by atoms with van der Waals surface area (Å²) < 4.78 is 7.00. The van der Waals surface area contributed by atoms with Crippen molar-refractivity contribution >= 4 is 33.7 Å². The van der Waals surface area contributed by atoms with Gasteiger partial charge in [0.2, 0.25) is 0 Å². The summed E-state index contributed by atoms with van der Waals surface area (Å²) >= 11 is 1.71. The molecule has 0 aliphatic rings. The molecule has 2 nitrogen and oxygen atoms in total. The summed E-state index contributed by atoms with van der Waals surface area (Å²) in [6.45, 7) is 3.03. The fraction of sp³-hybridized carbons (Fsp3) is 0.286. The van der Waals surface area contributed by atoms with Crippen LogP contribution in [-0.4, -0.2) is 11.6 Å². The van der Waals surface area contributed by atoms with Crippen molar-refractivity contribution in [3.63, 3.8) is 0 Å². The number of unbranched alkanes of at least 4 members (excludes halogenated alkanes) is 3. The molecule has 0 bridgehead atoms. The number of ether oxygens (including phenoxy) is 1. The van der Waals surface area contributed by atoms with Crippen molar-refractivity contribution in [1.29, 1.82) is 0 Å². The van der Waals surface area contributed by atoms with Crippen molar-refractivity contribution < 1.29 is 4.74 Å². The Kier molecular flexibility index (Phi) is 6.02. The number of nitrogens with zero attached hydrogens (tertiary/aromatic N) is 1. The molecule has 0 saturated heterocycles. The molecule has 0 amide bonds. The highest BCUT2D eigenvalue weighted by Crippen LogP contribution is 2.23. The number of hydrogen-bond acceptors (Lipinski definition) is 3. The van der Waals surface area contributed by atoms with Crippen LogP contribution in [0.15, 0.2) is 48.5 Å². The number of rotatable bonds is 8. The van der Waals surface area contributed by atoms with Crippen LogP contribution in [0, 0.1) is 0 Å². The van der Waals surface area contributed by atoms with Crippen molar-refractivity contribution in [2.45, 2.75) is 32.6 Å². The fourth-order valence-corrected chi connectivity index (χ4v) is 3.39. The number of hydrogen-bond donors (Lipinski definition) is 0. The van der Waals surface area contributed by atoms with Crippen molar-refractivity contribution in [1.82, 2.24) is 4.98 Å². The molecule has 3 rings (SSSR count). The Morgan fingerprint density at radius 2 is 1.79 bits per heavy atom. The molecule has 0 saturated carbocycles. The lowest BCUT2D eigenvalue weighted by atomic mass is 10.2. The van der Waals surface area contributed by atoms with Crippen LogP contribution in [0.5, 0.6) is 5.75 Å². The van der Waals surface area contributed by atoms with Crippen LogP contribution < -0.4 is 4.74 Å². The third-order valence-electron chi connectivity index (χ3n) is 3.88. The maximum Gasteiger partial charge on any atom is 0.119 e. The first kappa shape index (κ1) is 16.7. The van der Waals surface area contributed by atoms with Crippen molar-refractivity contribution in [2.24, 2.45) is 0 Å². The Hall–Kier alpha value is -2.13. The molecular weight excluding hydrogens is 314 g/mol. The third-order valence-corrected chi connectivity index (χ3v) is 4.88. The highest BCUT2D eigenvalue weighted by molar-refractivity contribution is 7.19. The Bertz CT molecular complexity index is 756. The van der Waals surface area contributed by atoms with Gasteiger partial charge in [0.15, 0.2) is 0 Å². The lowest BCUT2D eigenvalue weighted by Crippen LogP contribution is -1.96. The highest BCUT2D eigenvalue weighted by Gasteiger charge is 1.99. The first-order valence-electron chi connectivity index (χ1n) is 8.61. The zero-order chi connectivity index (χ0) is 16.6. The van der Waals surface area contributed by atoms with E-state index in [1.807, 2.05) is 18.2 Å². The minimum atomic E-state index is 0.806. The van der Waals surface area contributed by atoms with Gasteiger partial charge in [0, 0.05) is 0 Å². The zero-order valence-electron chi connectivity index (χ0n) is 14.1. The second-order valence-corrected chi connectivity index (χ2v) is 6.89. The van der Waals surface area contributed by atoms with Gasteiger partial charge in [-0.25, -0.2) is 4.98 Å². The number of thiazole rings is 1. The van der Waals surface area contributed by atoms with Gasteiger partial charge < -0.3 is 4.74 Å². The quantitative estimate of drug-likeness (QED) is 0.442. The Labute approximate surface area is 147 Å². The molecule has 24 heavy (non-hydrogen) atoms. The third kappa shape index (κ3) is 4.68. The van der Waals surface area contributed by atoms with Gasteiger partial charge in [-0.3, -0.25) is 0 Å². The zero-order valence-corrected chi connectivity index (χ0v) is 14.9. The molecule has 0 aliphatic heterocycles. The van der Waals surface area contributed by atoms with E-state index in [1.54, 1.807) is 11.3 Å². The second kappa shape index (κ2) is 8.65. The van der Waals surface area contributed by atoms with Crippen LogP contribution in [0.4, 0.5) is 0 Å². The van der Waals surface area contributed by atoms with Gasteiger partial charge in [-0.05, 0) is 42.3 Å². The van der Waals surface area contributed by atoms with Crippen LogP contribution in [-0.2, 0) is 0 Å². The molecule has 0 fully saturated rings. The van der Waals surface area contributed by atoms with E-state index in [0.717, 1.165) is 34.9 Å². The van der Waals surface area contributed by atoms with E-state index in [4.69, 9.17) is 4.74 Å². The van der Waals surface area contributed by atoms with Crippen LogP contribution in [0.1, 0.15) is 43.2 Å². The first-order valence-corrected chi connectivity index (χ1v) is 9.43. The summed E-state index contributed by atoms with van der Waals surface area (Å²) in [6.07, 6.45) is 9.11. The van der Waals surface area contributed by atoms with Gasteiger partial charge in [0.05, 0.1) is 16.8 Å². The normalized spacial score (nSPS) is 11.4. The minimum absolute atomic E-state index is 0.806. The van der Waals surface area contributed by atoms with E-state index < -0.39 is 0 Å². The van der Waals surface area contributed by atoms with E-state index in [0.29, 0.717) is 0 Å². The Morgan fingerprint density at radius 3 is 2.58 bits per heavy atom. The van der Waals surface area contributed by atoms with Gasteiger partial charge in [-0.15, -0.1) is 11.3 Å². The monoisotopic (exact) mass is 337 g/mol. The summed E-state index contributed by atoms with van der Waals surface area (Å²) in [4.78, 5) is 4.62. The molecule has 0 atom stereocenters. The second-order valence-electron chi connectivity index (χ2n) is 5.83. The SMILES string of the molecule is CCCCCCOc1ccc(C=Cc2nc3ccccc3s2)cc1. The topological polar surface area (TPSA) is 22.1 Å². The summed E-state index contributed by atoms with van der Waals surface area (Å²) in [5.74, 6) is 0.948. The molecule has 3 heteroatoms. The molecule has 2 aromatic carbocycles. The molecule has 0 unspecified atom stereocenters. The predicted molar refractivity (Wildman–Crippen MR) is 105 cm³/mol. The average molecular weight is 337 g/mol. The summed E-state index contributed by atoms with van der Waals surface area (Å²) in [5.41, 5.74) is 2.22. The van der Waals surface area contributed by atoms with Gasteiger partial charge in [0.25, 0.3) is 0 Å². The maximum atomic E-state index is 5.78. The molecular formula is C21H23NOS. The lowest BCUT2D eigenvalue weighted by Gasteiger charge is -2.05. The molecule has 124 valence electrons. The smallest absolute Gasteiger partial charge is 0.119 e. The van der Waals surface area contributed by atoms with Crippen LogP contribution >= 0.6 is 11.3 Å². The predicted octanol–water partition coefficient (Wildman–Crippen LogP) is 6.43. The Balaban J connectivity index is 1.55. The molecule has 3 aromatic rings. The molecule has 0 spiro atoms. The van der Waals surface area contributed by atoms with Gasteiger partial charge >= 0.3 is 0 Å². The molecule has 0 aliphatic carbocycles. The standard InChI is InChI=1S/C21H23NOS/c1-2-3-4-7-16-23-18-13-10-17(11-14-18)12-15-21-22-19-8-5-6-9-20(19)24-21/h5-6,8-15H,2-4,7,16H2,1H3. The van der Waals surface area contributed by atoms with E-state index in [-0.39, 0.29) is 0 Å². The summed E-state index contributed by atoms with van der Waals surface area (Å²) in [7, 11) is 0. The van der Waals surface area contributed by atoms with Gasteiger partial charge in [0.1, 0.15) is 10.8 Å². The maximum absolute atomic E-state index is 5.78. The number of benzene rings is 2. The lowest BCUT2D eigenvalue weighted by molar-refractivity contribution is 0.305. The van der Waals surface area contributed by atoms with E-state index in [2.05, 4.69) is 54.4 Å². The van der Waals surface area contributed by atoms with Crippen LogP contribution in [0.2, 0.25) is 0 Å². The number of para-hydroxylation sites is 1. The Morgan fingerprint density at radius 1 is 0.958 bits per heavy atom. The van der Waals surface area contributed by atoms with E-state index in [1.165, 1.54) is 24.0 Å². The summed E-state index contributed by atoms with van der Waals surface area (Å²) in [5, 5.41) is 1.03. The van der Waals surface area contributed by atoms with Crippen molar-refractivity contribution in [3.8, 4) is 5.75 Å². The molecule has 0 N–H and O–H groups in total. The number of fused-ring (bicyclic) bond motifs is 1.